The van der Waals surface area contributed by atoms with Crippen LogP contribution in [0, 0.1) is 6.92 Å². The van der Waals surface area contributed by atoms with Gasteiger partial charge in [-0.3, -0.25) is 0 Å². The molecule has 0 saturated carbocycles. The van der Waals surface area contributed by atoms with Crippen molar-refractivity contribution < 1.29 is 19.1 Å². The fourth-order valence-electron chi connectivity index (χ4n) is 3.14. The van der Waals surface area contributed by atoms with Crippen molar-refractivity contribution in [3.63, 3.8) is 0 Å². The summed E-state index contributed by atoms with van der Waals surface area (Å²) in [5.41, 5.74) is 2.85. The van der Waals surface area contributed by atoms with Gasteiger partial charge in [0.2, 0.25) is 0 Å². The van der Waals surface area contributed by atoms with Crippen molar-refractivity contribution in [1.82, 2.24) is 0 Å². The van der Waals surface area contributed by atoms with Gasteiger partial charge in [0.05, 0.1) is 0 Å². The molecule has 4 aromatic rings. The second-order valence-electron chi connectivity index (χ2n) is 6.81. The molecular formula is C24H19BrO4S2. The first-order valence-corrected chi connectivity index (χ1v) is 12.2. The van der Waals surface area contributed by atoms with Crippen LogP contribution in [0.4, 0.5) is 0 Å². The lowest BCUT2D eigenvalue weighted by molar-refractivity contribution is -0.139. The molecule has 0 unspecified atom stereocenters. The minimum absolute atomic E-state index is 0.339. The molecule has 0 aliphatic carbocycles. The number of carboxylic acids is 1. The fraction of sp³-hybridized carbons (Fsp3) is 0.125. The highest BCUT2D eigenvalue weighted by Gasteiger charge is 2.13. The zero-order valence-electron chi connectivity index (χ0n) is 16.6. The second-order valence-corrected chi connectivity index (χ2v) is 9.77. The Bertz CT molecular complexity index is 1240. The Morgan fingerprint density at radius 2 is 2.10 bits per heavy atom. The first-order valence-electron chi connectivity index (χ1n) is 9.51. The number of fused-ring (bicyclic) bond motifs is 1. The number of thioether (sulfide) groups is 1. The summed E-state index contributed by atoms with van der Waals surface area (Å²) in [7, 11) is 0. The van der Waals surface area contributed by atoms with Crippen molar-refractivity contribution >= 4 is 61.5 Å². The van der Waals surface area contributed by atoms with Gasteiger partial charge < -0.3 is 14.3 Å². The van der Waals surface area contributed by atoms with Gasteiger partial charge in [-0.15, -0.1) is 23.1 Å². The molecule has 0 spiro atoms. The van der Waals surface area contributed by atoms with Gasteiger partial charge in [0.15, 0.2) is 6.61 Å². The van der Waals surface area contributed by atoms with Gasteiger partial charge in [0.1, 0.15) is 17.1 Å². The predicted octanol–water partition coefficient (Wildman–Crippen LogP) is 7.25. The van der Waals surface area contributed by atoms with Crippen molar-refractivity contribution in [2.75, 3.05) is 12.4 Å². The topological polar surface area (TPSA) is 59.7 Å². The van der Waals surface area contributed by atoms with Crippen LogP contribution < -0.4 is 4.74 Å². The lowest BCUT2D eigenvalue weighted by atomic mass is 10.1. The van der Waals surface area contributed by atoms with Crippen LogP contribution in [0.15, 0.2) is 79.8 Å². The third kappa shape index (κ3) is 5.42. The summed E-state index contributed by atoms with van der Waals surface area (Å²) >= 11 is 6.91. The molecule has 0 aliphatic rings. The number of carbonyl (C=O) groups is 1. The Labute approximate surface area is 196 Å². The van der Waals surface area contributed by atoms with Crippen LogP contribution in [-0.2, 0) is 4.79 Å². The summed E-state index contributed by atoms with van der Waals surface area (Å²) in [5.74, 6) is 1.23. The molecule has 2 heterocycles. The number of aliphatic carboxylic acids is 1. The lowest BCUT2D eigenvalue weighted by Gasteiger charge is -2.08. The van der Waals surface area contributed by atoms with Crippen molar-refractivity contribution in [3.05, 3.63) is 86.7 Å². The largest absolute Gasteiger partial charge is 0.482 e. The van der Waals surface area contributed by atoms with Gasteiger partial charge in [-0.1, -0.05) is 28.1 Å². The van der Waals surface area contributed by atoms with Gasteiger partial charge in [-0.05, 0) is 66.4 Å². The molecule has 0 radical (unpaired) electrons. The number of hydrogen-bond donors (Lipinski definition) is 1. The van der Waals surface area contributed by atoms with Crippen LogP contribution in [-0.4, -0.2) is 23.4 Å². The Balaban J connectivity index is 1.54. The molecular weight excluding hydrogens is 496 g/mol. The number of furan rings is 1. The molecule has 4 rings (SSSR count). The minimum Gasteiger partial charge on any atom is -0.482 e. The molecule has 0 atom stereocenters. The fourth-order valence-corrected chi connectivity index (χ4v) is 5.15. The first-order chi connectivity index (χ1) is 15.0. The maximum absolute atomic E-state index is 10.7. The smallest absolute Gasteiger partial charge is 0.341 e. The van der Waals surface area contributed by atoms with E-state index in [-0.39, 0.29) is 6.61 Å². The van der Waals surface area contributed by atoms with Gasteiger partial charge >= 0.3 is 5.97 Å². The number of aryl methyl sites for hydroxylation is 1. The van der Waals surface area contributed by atoms with Crippen LogP contribution in [0.1, 0.15) is 16.2 Å². The first kappa shape index (κ1) is 21.7. The molecule has 31 heavy (non-hydrogen) atoms. The van der Waals surface area contributed by atoms with E-state index in [0.29, 0.717) is 5.75 Å². The molecule has 0 fully saturated rings. The van der Waals surface area contributed by atoms with E-state index in [1.165, 1.54) is 0 Å². The number of thiophene rings is 1. The second kappa shape index (κ2) is 9.77. The molecule has 4 nitrogen and oxygen atoms in total. The van der Waals surface area contributed by atoms with Crippen molar-refractivity contribution in [2.24, 2.45) is 0 Å². The molecule has 1 N–H and O–H groups in total. The summed E-state index contributed by atoms with van der Waals surface area (Å²) in [6.07, 6.45) is 2.19. The molecule has 7 heteroatoms. The third-order valence-electron chi connectivity index (χ3n) is 4.57. The Kier molecular flexibility index (Phi) is 6.85. The monoisotopic (exact) mass is 514 g/mol. The number of ether oxygens (including phenoxy) is 1. The molecule has 2 aromatic heterocycles. The number of hydrogen-bond acceptors (Lipinski definition) is 5. The standard InChI is InChI=1S/C24H19BrO4S2/c1-15-11-18(5-7-20(15)28-14-24(26)27)30-10-8-19(23-3-2-9-31-23)22-13-16-12-17(25)4-6-21(16)29-22/h2-9,11-13H,10,14H2,1H3,(H,26,27)/b19-8-. The van der Waals surface area contributed by atoms with E-state index in [2.05, 4.69) is 45.6 Å². The quantitative estimate of drug-likeness (QED) is 0.251. The van der Waals surface area contributed by atoms with Crippen molar-refractivity contribution in [2.45, 2.75) is 11.8 Å². The zero-order chi connectivity index (χ0) is 21.8. The molecule has 0 amide bonds. The van der Waals surface area contributed by atoms with E-state index >= 15 is 0 Å². The SMILES string of the molecule is Cc1cc(SC/C=C(/c2cc3cc(Br)ccc3o2)c2cccs2)ccc1OCC(=O)O. The molecule has 0 aliphatic heterocycles. The zero-order valence-corrected chi connectivity index (χ0v) is 19.9. The highest BCUT2D eigenvalue weighted by molar-refractivity contribution is 9.10. The number of halogens is 1. The minimum atomic E-state index is -0.984. The Morgan fingerprint density at radius 1 is 1.23 bits per heavy atom. The predicted molar refractivity (Wildman–Crippen MR) is 130 cm³/mol. The van der Waals surface area contributed by atoms with E-state index in [1.807, 2.05) is 43.3 Å². The number of rotatable bonds is 8. The van der Waals surface area contributed by atoms with Crippen LogP contribution in [0.5, 0.6) is 5.75 Å². The molecule has 0 saturated heterocycles. The Morgan fingerprint density at radius 3 is 2.84 bits per heavy atom. The van der Waals surface area contributed by atoms with Crippen LogP contribution in [0.25, 0.3) is 16.5 Å². The maximum atomic E-state index is 10.7. The van der Waals surface area contributed by atoms with Crippen LogP contribution in [0.2, 0.25) is 0 Å². The lowest BCUT2D eigenvalue weighted by Crippen LogP contribution is -2.09. The summed E-state index contributed by atoms with van der Waals surface area (Å²) in [5, 5.41) is 11.9. The van der Waals surface area contributed by atoms with Crippen molar-refractivity contribution in [1.29, 1.82) is 0 Å². The van der Waals surface area contributed by atoms with Gasteiger partial charge in [-0.25, -0.2) is 4.79 Å². The van der Waals surface area contributed by atoms with Gasteiger partial charge in [0, 0.05) is 31.0 Å². The summed E-state index contributed by atoms with van der Waals surface area (Å²) in [6, 6.07) is 18.0. The molecule has 0 bridgehead atoms. The van der Waals surface area contributed by atoms with E-state index in [0.717, 1.165) is 47.9 Å². The highest BCUT2D eigenvalue weighted by atomic mass is 79.9. The van der Waals surface area contributed by atoms with Gasteiger partial charge in [-0.2, -0.15) is 0 Å². The number of benzene rings is 2. The average molecular weight is 515 g/mol. The summed E-state index contributed by atoms with van der Waals surface area (Å²) < 4.78 is 12.5. The highest BCUT2D eigenvalue weighted by Crippen LogP contribution is 2.34. The van der Waals surface area contributed by atoms with E-state index in [4.69, 9.17) is 14.3 Å². The van der Waals surface area contributed by atoms with E-state index in [9.17, 15) is 4.79 Å². The normalized spacial score (nSPS) is 11.7. The van der Waals surface area contributed by atoms with Crippen LogP contribution in [0.3, 0.4) is 0 Å². The number of carboxylic acid groups (broad SMARTS) is 1. The van der Waals surface area contributed by atoms with Crippen molar-refractivity contribution in [3.8, 4) is 5.75 Å². The third-order valence-corrected chi connectivity index (χ3v) is 6.88. The van der Waals surface area contributed by atoms with E-state index in [1.54, 1.807) is 23.1 Å². The Hall–Kier alpha value is -2.48. The molecule has 158 valence electrons. The maximum Gasteiger partial charge on any atom is 0.341 e. The molecule has 2 aromatic carbocycles. The van der Waals surface area contributed by atoms with E-state index < -0.39 is 5.97 Å². The average Bonchev–Trinajstić information content (AvgIpc) is 3.40. The van der Waals surface area contributed by atoms with Gasteiger partial charge in [0.25, 0.3) is 0 Å². The van der Waals surface area contributed by atoms with Crippen LogP contribution >= 0.6 is 39.0 Å². The summed E-state index contributed by atoms with van der Waals surface area (Å²) in [6.45, 7) is 1.58. The summed E-state index contributed by atoms with van der Waals surface area (Å²) in [4.78, 5) is 13.0.